The van der Waals surface area contributed by atoms with Crippen molar-refractivity contribution in [2.45, 2.75) is 32.7 Å². The number of halogens is 1. The van der Waals surface area contributed by atoms with Gasteiger partial charge in [-0.1, -0.05) is 13.8 Å². The van der Waals surface area contributed by atoms with Crippen LogP contribution >= 0.6 is 12.4 Å². The Morgan fingerprint density at radius 1 is 1.30 bits per heavy atom. The summed E-state index contributed by atoms with van der Waals surface area (Å²) < 4.78 is 0. The molecule has 124 valence electrons. The molecular weight excluding hydrogens is 312 g/mol. The fourth-order valence-corrected chi connectivity index (χ4v) is 3.02. The first-order chi connectivity index (χ1) is 10.6. The zero-order valence-corrected chi connectivity index (χ0v) is 14.3. The number of hydrogen-bond acceptors (Lipinski definition) is 4. The van der Waals surface area contributed by atoms with Gasteiger partial charge in [0, 0.05) is 30.5 Å². The van der Waals surface area contributed by atoms with Crippen molar-refractivity contribution in [3.8, 4) is 0 Å². The predicted octanol–water partition coefficient (Wildman–Crippen LogP) is 2.56. The van der Waals surface area contributed by atoms with Gasteiger partial charge in [0.25, 0.3) is 5.91 Å². The minimum Gasteiger partial charge on any atom is -0.350 e. The van der Waals surface area contributed by atoms with Crippen molar-refractivity contribution in [3.05, 3.63) is 36.2 Å². The lowest BCUT2D eigenvalue weighted by Crippen LogP contribution is -2.52. The fraction of sp³-hybridized carbons (Fsp3) is 0.471. The maximum absolute atomic E-state index is 12.4. The quantitative estimate of drug-likeness (QED) is 0.905. The molecule has 0 saturated carbocycles. The van der Waals surface area contributed by atoms with Gasteiger partial charge >= 0.3 is 0 Å². The van der Waals surface area contributed by atoms with Gasteiger partial charge in [-0.05, 0) is 43.0 Å². The van der Waals surface area contributed by atoms with Crippen LogP contribution in [0.5, 0.6) is 0 Å². The Bertz CT molecular complexity index is 689. The van der Waals surface area contributed by atoms with E-state index in [1.165, 1.54) is 12.8 Å². The number of piperidine rings is 1. The van der Waals surface area contributed by atoms with Crippen molar-refractivity contribution in [1.29, 1.82) is 0 Å². The molecule has 2 aromatic rings. The largest absolute Gasteiger partial charge is 0.350 e. The lowest BCUT2D eigenvalue weighted by Gasteiger charge is -2.39. The van der Waals surface area contributed by atoms with Crippen molar-refractivity contribution in [3.63, 3.8) is 0 Å². The third kappa shape index (κ3) is 3.98. The standard InChI is InChI=1S/C17H22N4O.ClH/c1-17(2)6-3-7-20-15(17)11-21-16(22)12-4-5-13-14(10-12)19-9-8-18-13;/h4-5,8-10,15,20H,3,6-7,11H2,1-2H3,(H,21,22);1H. The second-order valence-electron chi connectivity index (χ2n) is 6.57. The summed E-state index contributed by atoms with van der Waals surface area (Å²) in [6.45, 7) is 6.17. The highest BCUT2D eigenvalue weighted by molar-refractivity contribution is 5.97. The van der Waals surface area contributed by atoms with Gasteiger partial charge in [0.2, 0.25) is 0 Å². The van der Waals surface area contributed by atoms with E-state index in [0.29, 0.717) is 18.2 Å². The van der Waals surface area contributed by atoms with Gasteiger partial charge in [-0.3, -0.25) is 14.8 Å². The first kappa shape index (κ1) is 17.6. The number of rotatable bonds is 3. The zero-order chi connectivity index (χ0) is 15.6. The average molecular weight is 335 g/mol. The molecule has 1 atom stereocenters. The summed E-state index contributed by atoms with van der Waals surface area (Å²) in [4.78, 5) is 20.8. The molecule has 1 saturated heterocycles. The number of fused-ring (bicyclic) bond motifs is 1. The molecular formula is C17H23ClN4O. The number of hydrogen-bond donors (Lipinski definition) is 2. The maximum atomic E-state index is 12.4. The van der Waals surface area contributed by atoms with Crippen molar-refractivity contribution >= 4 is 29.3 Å². The number of nitrogens with one attached hydrogen (secondary N) is 2. The number of aromatic nitrogens is 2. The topological polar surface area (TPSA) is 66.9 Å². The van der Waals surface area contributed by atoms with Crippen LogP contribution < -0.4 is 10.6 Å². The molecule has 1 fully saturated rings. The number of amides is 1. The number of carbonyl (C=O) groups excluding carboxylic acids is 1. The summed E-state index contributed by atoms with van der Waals surface area (Å²) in [6, 6.07) is 5.73. The normalized spacial score (nSPS) is 19.8. The molecule has 23 heavy (non-hydrogen) atoms. The lowest BCUT2D eigenvalue weighted by molar-refractivity contribution is 0.0929. The van der Waals surface area contributed by atoms with Crippen LogP contribution in [0, 0.1) is 5.41 Å². The van der Waals surface area contributed by atoms with E-state index in [2.05, 4.69) is 34.4 Å². The SMILES string of the molecule is CC1(C)CCCNC1CNC(=O)c1ccc2nccnc2c1.Cl. The van der Waals surface area contributed by atoms with E-state index in [1.807, 2.05) is 6.07 Å². The molecule has 0 bridgehead atoms. The van der Waals surface area contributed by atoms with E-state index in [1.54, 1.807) is 24.5 Å². The van der Waals surface area contributed by atoms with E-state index < -0.39 is 0 Å². The highest BCUT2D eigenvalue weighted by Gasteiger charge is 2.31. The van der Waals surface area contributed by atoms with Gasteiger partial charge in [-0.15, -0.1) is 12.4 Å². The van der Waals surface area contributed by atoms with Crippen LogP contribution in [0.2, 0.25) is 0 Å². The van der Waals surface area contributed by atoms with E-state index in [0.717, 1.165) is 17.6 Å². The van der Waals surface area contributed by atoms with Crippen LogP contribution in [0.1, 0.15) is 37.0 Å². The Morgan fingerprint density at radius 3 is 2.78 bits per heavy atom. The molecule has 2 heterocycles. The lowest BCUT2D eigenvalue weighted by atomic mass is 9.77. The molecule has 0 spiro atoms. The molecule has 0 radical (unpaired) electrons. The number of carbonyl (C=O) groups is 1. The highest BCUT2D eigenvalue weighted by atomic mass is 35.5. The Morgan fingerprint density at radius 2 is 2.04 bits per heavy atom. The first-order valence-corrected chi connectivity index (χ1v) is 7.79. The molecule has 1 amide bonds. The second kappa shape index (κ2) is 7.23. The summed E-state index contributed by atoms with van der Waals surface area (Å²) in [6.07, 6.45) is 5.67. The van der Waals surface area contributed by atoms with Crippen molar-refractivity contribution < 1.29 is 4.79 Å². The van der Waals surface area contributed by atoms with Gasteiger partial charge < -0.3 is 10.6 Å². The minimum atomic E-state index is -0.0595. The van der Waals surface area contributed by atoms with Crippen molar-refractivity contribution in [1.82, 2.24) is 20.6 Å². The molecule has 0 aliphatic carbocycles. The van der Waals surface area contributed by atoms with E-state index >= 15 is 0 Å². The smallest absolute Gasteiger partial charge is 0.251 e. The highest BCUT2D eigenvalue weighted by Crippen LogP contribution is 2.29. The molecule has 1 unspecified atom stereocenters. The summed E-state index contributed by atoms with van der Waals surface area (Å²) in [5.41, 5.74) is 2.38. The molecule has 3 rings (SSSR count). The Labute approximate surface area is 142 Å². The van der Waals surface area contributed by atoms with E-state index in [-0.39, 0.29) is 23.7 Å². The number of nitrogens with zero attached hydrogens (tertiary/aromatic N) is 2. The summed E-state index contributed by atoms with van der Waals surface area (Å²) in [7, 11) is 0. The zero-order valence-electron chi connectivity index (χ0n) is 13.5. The van der Waals surface area contributed by atoms with Crippen LogP contribution in [0.15, 0.2) is 30.6 Å². The first-order valence-electron chi connectivity index (χ1n) is 7.79. The van der Waals surface area contributed by atoms with E-state index in [4.69, 9.17) is 0 Å². The molecule has 1 aromatic heterocycles. The second-order valence-corrected chi connectivity index (χ2v) is 6.57. The Balaban J connectivity index is 0.00000192. The molecule has 1 aliphatic rings. The monoisotopic (exact) mass is 334 g/mol. The Hall–Kier alpha value is -1.72. The average Bonchev–Trinajstić information content (AvgIpc) is 2.52. The van der Waals surface area contributed by atoms with Gasteiger partial charge in [0.05, 0.1) is 11.0 Å². The van der Waals surface area contributed by atoms with Crippen molar-refractivity contribution in [2.75, 3.05) is 13.1 Å². The van der Waals surface area contributed by atoms with Crippen LogP contribution in [-0.2, 0) is 0 Å². The maximum Gasteiger partial charge on any atom is 0.251 e. The third-order valence-electron chi connectivity index (χ3n) is 4.53. The molecule has 1 aliphatic heterocycles. The van der Waals surface area contributed by atoms with Crippen LogP contribution in [0.3, 0.4) is 0 Å². The van der Waals surface area contributed by atoms with Crippen molar-refractivity contribution in [2.24, 2.45) is 5.41 Å². The van der Waals surface area contributed by atoms with Gasteiger partial charge in [0.1, 0.15) is 0 Å². The van der Waals surface area contributed by atoms with Gasteiger partial charge in [-0.25, -0.2) is 0 Å². The molecule has 1 aromatic carbocycles. The fourth-order valence-electron chi connectivity index (χ4n) is 3.02. The summed E-state index contributed by atoms with van der Waals surface area (Å²) in [5, 5.41) is 6.55. The summed E-state index contributed by atoms with van der Waals surface area (Å²) in [5.74, 6) is -0.0595. The molecule has 2 N–H and O–H groups in total. The Kier molecular flexibility index (Phi) is 5.55. The van der Waals surface area contributed by atoms with E-state index in [9.17, 15) is 4.79 Å². The number of benzene rings is 1. The van der Waals surface area contributed by atoms with Crippen LogP contribution in [0.25, 0.3) is 11.0 Å². The summed E-state index contributed by atoms with van der Waals surface area (Å²) >= 11 is 0. The molecule has 6 heteroatoms. The van der Waals surface area contributed by atoms with Gasteiger partial charge in [-0.2, -0.15) is 0 Å². The van der Waals surface area contributed by atoms with Crippen LogP contribution in [-0.4, -0.2) is 35.0 Å². The molecule has 5 nitrogen and oxygen atoms in total. The van der Waals surface area contributed by atoms with Gasteiger partial charge in [0.15, 0.2) is 0 Å². The third-order valence-corrected chi connectivity index (χ3v) is 4.53. The van der Waals surface area contributed by atoms with Crippen LogP contribution in [0.4, 0.5) is 0 Å². The minimum absolute atomic E-state index is 0. The predicted molar refractivity (Wildman–Crippen MR) is 93.9 cm³/mol.